The van der Waals surface area contributed by atoms with E-state index in [1.807, 2.05) is 42.6 Å². The zero-order valence-corrected chi connectivity index (χ0v) is 22.4. The number of hydrazone groups is 1. The molecule has 36 heavy (non-hydrogen) atoms. The average molecular weight is 565 g/mol. The van der Waals surface area contributed by atoms with Crippen LogP contribution >= 0.6 is 27.3 Å². The van der Waals surface area contributed by atoms with Crippen LogP contribution in [-0.2, 0) is 0 Å². The minimum atomic E-state index is -0.310. The van der Waals surface area contributed by atoms with Gasteiger partial charge in [0, 0.05) is 22.2 Å². The minimum Gasteiger partial charge on any atom is -0.492 e. The predicted octanol–water partition coefficient (Wildman–Crippen LogP) is 6.80. The smallest absolute Gasteiger partial charge is 0.271 e. The van der Waals surface area contributed by atoms with Gasteiger partial charge in [-0.2, -0.15) is 5.10 Å². The molecule has 1 amide bonds. The molecule has 4 aromatic rings. The summed E-state index contributed by atoms with van der Waals surface area (Å²) in [5, 5.41) is 10.2. The summed E-state index contributed by atoms with van der Waals surface area (Å²) in [5.41, 5.74) is 7.77. The highest BCUT2D eigenvalue weighted by atomic mass is 79.9. The molecule has 0 aliphatic rings. The highest BCUT2D eigenvalue weighted by Gasteiger charge is 2.11. The highest BCUT2D eigenvalue weighted by Crippen LogP contribution is 2.36. The van der Waals surface area contributed by atoms with Crippen LogP contribution in [0.1, 0.15) is 28.4 Å². The van der Waals surface area contributed by atoms with Crippen LogP contribution in [0.4, 0.5) is 10.8 Å². The summed E-state index contributed by atoms with van der Waals surface area (Å²) >= 11 is 5.00. The topological polar surface area (TPSA) is 84.8 Å². The maximum Gasteiger partial charge on any atom is 0.271 e. The van der Waals surface area contributed by atoms with Crippen molar-refractivity contribution in [2.24, 2.45) is 5.10 Å². The molecule has 0 fully saturated rings. The van der Waals surface area contributed by atoms with E-state index >= 15 is 0 Å². The second kappa shape index (κ2) is 11.8. The largest absolute Gasteiger partial charge is 0.492 e. The number of hydrogen-bond donors (Lipinski definition) is 2. The van der Waals surface area contributed by atoms with Crippen molar-refractivity contribution in [2.45, 2.75) is 13.8 Å². The molecule has 0 aliphatic heterocycles. The Bertz CT molecular complexity index is 1370. The number of amides is 1. The summed E-state index contributed by atoms with van der Waals surface area (Å²) in [5.74, 6) is 0.892. The molecule has 1 heterocycles. The van der Waals surface area contributed by atoms with E-state index in [9.17, 15) is 4.79 Å². The molecule has 0 spiro atoms. The van der Waals surface area contributed by atoms with Crippen molar-refractivity contribution in [3.05, 3.63) is 87.2 Å². The first kappa shape index (κ1) is 25.4. The number of ether oxygens (including phenoxy) is 2. The van der Waals surface area contributed by atoms with Gasteiger partial charge < -0.3 is 14.8 Å². The van der Waals surface area contributed by atoms with Crippen LogP contribution < -0.4 is 20.2 Å². The van der Waals surface area contributed by atoms with Crippen molar-refractivity contribution < 1.29 is 14.3 Å². The first-order chi connectivity index (χ1) is 17.5. The first-order valence-electron chi connectivity index (χ1n) is 11.2. The number of methoxy groups -OCH3 is 1. The maximum absolute atomic E-state index is 12.5. The van der Waals surface area contributed by atoms with Crippen molar-refractivity contribution in [3.63, 3.8) is 0 Å². The van der Waals surface area contributed by atoms with Crippen molar-refractivity contribution >= 4 is 50.2 Å². The second-order valence-electron chi connectivity index (χ2n) is 7.77. The average Bonchev–Trinajstić information content (AvgIpc) is 3.34. The summed E-state index contributed by atoms with van der Waals surface area (Å²) in [7, 11) is 1.58. The fourth-order valence-electron chi connectivity index (χ4n) is 3.37. The molecule has 9 heteroatoms. The molecule has 0 bridgehead atoms. The van der Waals surface area contributed by atoms with Crippen LogP contribution in [0.2, 0.25) is 0 Å². The van der Waals surface area contributed by atoms with Crippen molar-refractivity contribution in [1.82, 2.24) is 10.4 Å². The Hall–Kier alpha value is -3.69. The molecule has 2 N–H and O–H groups in total. The van der Waals surface area contributed by atoms with E-state index in [0.717, 1.165) is 32.1 Å². The lowest BCUT2D eigenvalue weighted by Gasteiger charge is -2.11. The lowest BCUT2D eigenvalue weighted by molar-refractivity contribution is 0.0955. The Morgan fingerprint density at radius 3 is 2.58 bits per heavy atom. The van der Waals surface area contributed by atoms with Crippen molar-refractivity contribution in [2.75, 3.05) is 19.0 Å². The summed E-state index contributed by atoms with van der Waals surface area (Å²) in [6.45, 7) is 4.46. The molecular formula is C27H25BrN4O3S. The number of anilines is 2. The van der Waals surface area contributed by atoms with Crippen LogP contribution in [0.5, 0.6) is 11.5 Å². The summed E-state index contributed by atoms with van der Waals surface area (Å²) in [4.78, 5) is 17.2. The van der Waals surface area contributed by atoms with Gasteiger partial charge in [0.25, 0.3) is 5.91 Å². The fourth-order valence-corrected chi connectivity index (χ4v) is 4.73. The molecule has 1 aromatic heterocycles. The van der Waals surface area contributed by atoms with Gasteiger partial charge in [0.1, 0.15) is 0 Å². The Labute approximate surface area is 222 Å². The van der Waals surface area contributed by atoms with Gasteiger partial charge in [-0.05, 0) is 71.7 Å². The Kier molecular flexibility index (Phi) is 8.35. The molecule has 0 unspecified atom stereocenters. The standard InChI is InChI=1S/C27H25BrN4O3S/c1-4-35-24-14-18(13-22(28)25(24)34-3)15-29-32-26(33)20-9-7-19(8-10-20)23-16-36-27(31-23)30-21-11-5-17(2)6-12-21/h5-16H,4H2,1-3H3,(H,30,31)(H,32,33)/b29-15-. The number of hydrogen-bond acceptors (Lipinski definition) is 7. The van der Waals surface area contributed by atoms with Gasteiger partial charge >= 0.3 is 0 Å². The molecule has 7 nitrogen and oxygen atoms in total. The SMILES string of the molecule is CCOc1cc(/C=N\NC(=O)c2ccc(-c3csc(Nc4ccc(C)cc4)n3)cc2)cc(Br)c1OC. The number of carbonyl (C=O) groups excluding carboxylic acids is 1. The lowest BCUT2D eigenvalue weighted by atomic mass is 10.1. The van der Waals surface area contributed by atoms with Crippen LogP contribution in [0.15, 0.2) is 75.6 Å². The molecule has 0 saturated carbocycles. The predicted molar refractivity (Wildman–Crippen MR) is 149 cm³/mol. The molecule has 4 rings (SSSR count). The molecular weight excluding hydrogens is 540 g/mol. The third-order valence-corrected chi connectivity index (χ3v) is 6.51. The number of nitrogens with one attached hydrogen (secondary N) is 2. The third kappa shape index (κ3) is 6.30. The summed E-state index contributed by atoms with van der Waals surface area (Å²) in [6, 6.07) is 19.0. The number of nitrogens with zero attached hydrogens (tertiary/aromatic N) is 2. The molecule has 0 aliphatic carbocycles. The minimum absolute atomic E-state index is 0.310. The Balaban J connectivity index is 1.38. The van der Waals surface area contributed by atoms with Crippen LogP contribution in [0.25, 0.3) is 11.3 Å². The number of carbonyl (C=O) groups is 1. The third-order valence-electron chi connectivity index (χ3n) is 5.17. The van der Waals surface area contributed by atoms with Crippen molar-refractivity contribution in [3.8, 4) is 22.8 Å². The highest BCUT2D eigenvalue weighted by molar-refractivity contribution is 9.10. The van der Waals surface area contributed by atoms with Crippen LogP contribution in [-0.4, -0.2) is 30.8 Å². The lowest BCUT2D eigenvalue weighted by Crippen LogP contribution is -2.17. The number of benzene rings is 3. The quantitative estimate of drug-likeness (QED) is 0.172. The number of aryl methyl sites for hydroxylation is 1. The molecule has 3 aromatic carbocycles. The number of aromatic nitrogens is 1. The van der Waals surface area contributed by atoms with Gasteiger partial charge in [-0.1, -0.05) is 29.8 Å². The second-order valence-corrected chi connectivity index (χ2v) is 9.48. The fraction of sp³-hybridized carbons (Fsp3) is 0.148. The summed E-state index contributed by atoms with van der Waals surface area (Å²) < 4.78 is 11.7. The van der Waals surface area contributed by atoms with Gasteiger partial charge in [0.05, 0.1) is 30.1 Å². The number of rotatable bonds is 9. The van der Waals surface area contributed by atoms with Gasteiger partial charge in [-0.25, -0.2) is 10.4 Å². The molecule has 0 atom stereocenters. The van der Waals surface area contributed by atoms with Gasteiger partial charge in [-0.15, -0.1) is 11.3 Å². The maximum atomic E-state index is 12.5. The van der Waals surface area contributed by atoms with E-state index < -0.39 is 0 Å². The number of thiazole rings is 1. The zero-order valence-electron chi connectivity index (χ0n) is 20.0. The van der Waals surface area contributed by atoms with Crippen LogP contribution in [0.3, 0.4) is 0 Å². The summed E-state index contributed by atoms with van der Waals surface area (Å²) in [6.07, 6.45) is 1.55. The van der Waals surface area contributed by atoms with E-state index in [-0.39, 0.29) is 5.91 Å². The molecule has 0 saturated heterocycles. The number of halogens is 1. The monoisotopic (exact) mass is 564 g/mol. The van der Waals surface area contributed by atoms with Gasteiger partial charge in [0.15, 0.2) is 16.6 Å². The first-order valence-corrected chi connectivity index (χ1v) is 12.9. The van der Waals surface area contributed by atoms with E-state index in [4.69, 9.17) is 9.47 Å². The zero-order chi connectivity index (χ0) is 25.5. The van der Waals surface area contributed by atoms with E-state index in [2.05, 4.69) is 55.8 Å². The van der Waals surface area contributed by atoms with Crippen molar-refractivity contribution in [1.29, 1.82) is 0 Å². The van der Waals surface area contributed by atoms with E-state index in [1.54, 1.807) is 31.5 Å². The van der Waals surface area contributed by atoms with Gasteiger partial charge in [0.2, 0.25) is 0 Å². The normalized spacial score (nSPS) is 10.9. The Morgan fingerprint density at radius 2 is 1.89 bits per heavy atom. The van der Waals surface area contributed by atoms with E-state index in [0.29, 0.717) is 23.7 Å². The molecule has 0 radical (unpaired) electrons. The van der Waals surface area contributed by atoms with Crippen LogP contribution in [0, 0.1) is 6.92 Å². The van der Waals surface area contributed by atoms with E-state index in [1.165, 1.54) is 16.9 Å². The Morgan fingerprint density at radius 1 is 1.14 bits per heavy atom. The van der Waals surface area contributed by atoms with Gasteiger partial charge in [-0.3, -0.25) is 4.79 Å². The molecule has 184 valence electrons.